The SMILES string of the molecule is CCOc1ccc2oc(-c3csc(NC(=O)c4ccc(F)cc4)n3)cc2c1. The number of benzene rings is 2. The lowest BCUT2D eigenvalue weighted by molar-refractivity contribution is 0.102. The summed E-state index contributed by atoms with van der Waals surface area (Å²) in [5.41, 5.74) is 1.72. The van der Waals surface area contributed by atoms with Crippen molar-refractivity contribution in [1.82, 2.24) is 4.98 Å². The molecule has 4 aromatic rings. The monoisotopic (exact) mass is 382 g/mol. The fourth-order valence-electron chi connectivity index (χ4n) is 2.62. The fourth-order valence-corrected chi connectivity index (χ4v) is 3.31. The quantitative estimate of drug-likeness (QED) is 0.506. The van der Waals surface area contributed by atoms with E-state index in [1.165, 1.54) is 35.6 Å². The van der Waals surface area contributed by atoms with Crippen LogP contribution < -0.4 is 10.1 Å². The summed E-state index contributed by atoms with van der Waals surface area (Å²) in [6.07, 6.45) is 0. The Kier molecular flexibility index (Phi) is 4.60. The van der Waals surface area contributed by atoms with E-state index in [9.17, 15) is 9.18 Å². The van der Waals surface area contributed by atoms with Crippen molar-refractivity contribution in [3.63, 3.8) is 0 Å². The molecule has 1 N–H and O–H groups in total. The summed E-state index contributed by atoms with van der Waals surface area (Å²) in [6, 6.07) is 12.8. The van der Waals surface area contributed by atoms with Gasteiger partial charge >= 0.3 is 0 Å². The van der Waals surface area contributed by atoms with Crippen molar-refractivity contribution in [1.29, 1.82) is 0 Å². The van der Waals surface area contributed by atoms with E-state index in [0.717, 1.165) is 16.7 Å². The standard InChI is InChI=1S/C20H15FN2O3S/c1-2-25-15-7-8-17-13(9-15)10-18(26-17)16-11-27-20(22-16)23-19(24)12-3-5-14(21)6-4-12/h3-11H,2H2,1H3,(H,22,23,24). The zero-order chi connectivity index (χ0) is 18.8. The Labute approximate surface area is 158 Å². The Morgan fingerprint density at radius 3 is 2.81 bits per heavy atom. The van der Waals surface area contributed by atoms with E-state index in [-0.39, 0.29) is 11.7 Å². The number of aromatic nitrogens is 1. The van der Waals surface area contributed by atoms with E-state index in [2.05, 4.69) is 10.3 Å². The second-order valence-corrected chi connectivity index (χ2v) is 6.60. The van der Waals surface area contributed by atoms with E-state index in [1.807, 2.05) is 31.2 Å². The van der Waals surface area contributed by atoms with Crippen LogP contribution in [0.3, 0.4) is 0 Å². The molecule has 0 aliphatic rings. The number of thiazole rings is 1. The fraction of sp³-hybridized carbons (Fsp3) is 0.100. The van der Waals surface area contributed by atoms with Gasteiger partial charge in [0.05, 0.1) is 6.61 Å². The van der Waals surface area contributed by atoms with Gasteiger partial charge in [-0.25, -0.2) is 9.37 Å². The number of ether oxygens (including phenoxy) is 1. The normalized spacial score (nSPS) is 10.9. The molecular weight excluding hydrogens is 367 g/mol. The van der Waals surface area contributed by atoms with Gasteiger partial charge in [0.25, 0.3) is 5.91 Å². The smallest absolute Gasteiger partial charge is 0.257 e. The third-order valence-corrected chi connectivity index (χ3v) is 4.64. The summed E-state index contributed by atoms with van der Waals surface area (Å²) in [7, 11) is 0. The Balaban J connectivity index is 1.54. The van der Waals surface area contributed by atoms with Crippen LogP contribution in [0.1, 0.15) is 17.3 Å². The van der Waals surface area contributed by atoms with Gasteiger partial charge < -0.3 is 9.15 Å². The number of nitrogens with one attached hydrogen (secondary N) is 1. The van der Waals surface area contributed by atoms with Gasteiger partial charge in [-0.05, 0) is 55.5 Å². The lowest BCUT2D eigenvalue weighted by Gasteiger charge is -2.01. The number of rotatable bonds is 5. The molecular formula is C20H15FN2O3S. The van der Waals surface area contributed by atoms with Crippen LogP contribution in [0.25, 0.3) is 22.4 Å². The Morgan fingerprint density at radius 2 is 2.04 bits per heavy atom. The predicted octanol–water partition coefficient (Wildman–Crippen LogP) is 5.35. The molecule has 1 amide bonds. The summed E-state index contributed by atoms with van der Waals surface area (Å²) < 4.78 is 24.3. The Morgan fingerprint density at radius 1 is 1.22 bits per heavy atom. The topological polar surface area (TPSA) is 64.4 Å². The molecule has 7 heteroatoms. The van der Waals surface area contributed by atoms with Crippen molar-refractivity contribution in [2.24, 2.45) is 0 Å². The van der Waals surface area contributed by atoms with E-state index < -0.39 is 0 Å². The zero-order valence-corrected chi connectivity index (χ0v) is 15.2. The van der Waals surface area contributed by atoms with E-state index in [4.69, 9.17) is 9.15 Å². The first-order valence-electron chi connectivity index (χ1n) is 8.31. The van der Waals surface area contributed by atoms with Crippen LogP contribution in [0, 0.1) is 5.82 Å². The lowest BCUT2D eigenvalue weighted by Crippen LogP contribution is -2.11. The van der Waals surface area contributed by atoms with Crippen LogP contribution in [0.5, 0.6) is 5.75 Å². The van der Waals surface area contributed by atoms with Crippen LogP contribution in [0.4, 0.5) is 9.52 Å². The minimum absolute atomic E-state index is 0.345. The van der Waals surface area contributed by atoms with Gasteiger partial charge in [0.15, 0.2) is 10.9 Å². The first-order valence-corrected chi connectivity index (χ1v) is 9.19. The van der Waals surface area contributed by atoms with Gasteiger partial charge in [0.2, 0.25) is 0 Å². The van der Waals surface area contributed by atoms with Crippen LogP contribution >= 0.6 is 11.3 Å². The number of hydrogen-bond acceptors (Lipinski definition) is 5. The number of halogens is 1. The number of hydrogen-bond donors (Lipinski definition) is 1. The number of carbonyl (C=O) groups excluding carboxylic acids is 1. The highest BCUT2D eigenvalue weighted by atomic mass is 32.1. The van der Waals surface area contributed by atoms with Crippen LogP contribution in [0.2, 0.25) is 0 Å². The number of carbonyl (C=O) groups is 1. The average molecular weight is 382 g/mol. The number of furan rings is 1. The molecule has 0 saturated carbocycles. The van der Waals surface area contributed by atoms with Gasteiger partial charge in [0.1, 0.15) is 22.8 Å². The minimum atomic E-state index is -0.388. The molecule has 0 atom stereocenters. The Bertz CT molecular complexity index is 1100. The third-order valence-electron chi connectivity index (χ3n) is 3.88. The summed E-state index contributed by atoms with van der Waals surface area (Å²) >= 11 is 1.29. The number of fused-ring (bicyclic) bond motifs is 1. The summed E-state index contributed by atoms with van der Waals surface area (Å²) in [5.74, 6) is 0.655. The number of nitrogens with zero attached hydrogens (tertiary/aromatic N) is 1. The van der Waals surface area contributed by atoms with Crippen LogP contribution in [-0.4, -0.2) is 17.5 Å². The first-order chi connectivity index (χ1) is 13.1. The third kappa shape index (κ3) is 3.68. The molecule has 2 heterocycles. The van der Waals surface area contributed by atoms with Gasteiger partial charge in [0, 0.05) is 16.3 Å². The maximum atomic E-state index is 13.0. The van der Waals surface area contributed by atoms with Crippen molar-refractivity contribution in [3.8, 4) is 17.2 Å². The van der Waals surface area contributed by atoms with E-state index >= 15 is 0 Å². The molecule has 0 saturated heterocycles. The van der Waals surface area contributed by atoms with Gasteiger partial charge in [-0.3, -0.25) is 10.1 Å². The van der Waals surface area contributed by atoms with Crippen LogP contribution in [0.15, 0.2) is 58.3 Å². The lowest BCUT2D eigenvalue weighted by atomic mass is 10.2. The zero-order valence-electron chi connectivity index (χ0n) is 14.4. The molecule has 0 aliphatic carbocycles. The Hall–Kier alpha value is -3.19. The summed E-state index contributed by atoms with van der Waals surface area (Å²) in [5, 5.41) is 5.88. The molecule has 5 nitrogen and oxygen atoms in total. The van der Waals surface area contributed by atoms with E-state index in [1.54, 1.807) is 5.38 Å². The van der Waals surface area contributed by atoms with Gasteiger partial charge in [-0.2, -0.15) is 0 Å². The molecule has 0 fully saturated rings. The molecule has 2 aromatic carbocycles. The second kappa shape index (κ2) is 7.20. The van der Waals surface area contributed by atoms with Crippen molar-refractivity contribution in [2.45, 2.75) is 6.92 Å². The number of anilines is 1. The van der Waals surface area contributed by atoms with Gasteiger partial charge in [-0.15, -0.1) is 11.3 Å². The molecule has 136 valence electrons. The highest BCUT2D eigenvalue weighted by molar-refractivity contribution is 7.14. The average Bonchev–Trinajstić information content (AvgIpc) is 3.28. The van der Waals surface area contributed by atoms with Gasteiger partial charge in [-0.1, -0.05) is 0 Å². The van der Waals surface area contributed by atoms with Crippen molar-refractivity contribution < 1.29 is 18.3 Å². The van der Waals surface area contributed by atoms with E-state index in [0.29, 0.717) is 28.8 Å². The molecule has 0 bridgehead atoms. The molecule has 0 aliphatic heterocycles. The van der Waals surface area contributed by atoms with Crippen molar-refractivity contribution in [3.05, 3.63) is 65.3 Å². The number of amides is 1. The van der Waals surface area contributed by atoms with Crippen LogP contribution in [-0.2, 0) is 0 Å². The first kappa shape index (κ1) is 17.2. The summed E-state index contributed by atoms with van der Waals surface area (Å²) in [4.78, 5) is 16.6. The molecule has 4 rings (SSSR count). The predicted molar refractivity (Wildman–Crippen MR) is 103 cm³/mol. The largest absolute Gasteiger partial charge is 0.494 e. The molecule has 0 unspecified atom stereocenters. The minimum Gasteiger partial charge on any atom is -0.494 e. The maximum absolute atomic E-state index is 13.0. The molecule has 27 heavy (non-hydrogen) atoms. The van der Waals surface area contributed by atoms with Crippen molar-refractivity contribution >= 4 is 33.3 Å². The summed E-state index contributed by atoms with van der Waals surface area (Å²) in [6.45, 7) is 2.53. The molecule has 2 aromatic heterocycles. The second-order valence-electron chi connectivity index (χ2n) is 5.74. The van der Waals surface area contributed by atoms with Crippen molar-refractivity contribution in [2.75, 3.05) is 11.9 Å². The molecule has 0 radical (unpaired) electrons. The molecule has 0 spiro atoms. The highest BCUT2D eigenvalue weighted by Gasteiger charge is 2.13. The highest BCUT2D eigenvalue weighted by Crippen LogP contribution is 2.32. The maximum Gasteiger partial charge on any atom is 0.257 e.